The Morgan fingerprint density at radius 3 is 2.41 bits per heavy atom. The summed E-state index contributed by atoms with van der Waals surface area (Å²) in [5.41, 5.74) is 1.65. The molecule has 3 aromatic rings. The molecule has 2 aromatic carbocycles. The van der Waals surface area contributed by atoms with Crippen LogP contribution in [-0.2, 0) is 25.7 Å². The van der Waals surface area contributed by atoms with Gasteiger partial charge in [-0.3, -0.25) is 24.6 Å². The molecule has 192 valence electrons. The molecular weight excluding hydrogens is 497 g/mol. The summed E-state index contributed by atoms with van der Waals surface area (Å²) in [7, 11) is 1.53. The fourth-order valence-electron chi connectivity index (χ4n) is 3.96. The predicted molar refractivity (Wildman–Crippen MR) is 126 cm³/mol. The number of terminal acetylenes is 1. The molecule has 12 heteroatoms. The van der Waals surface area contributed by atoms with Crippen LogP contribution in [0.5, 0.6) is 0 Å². The second-order valence-electron chi connectivity index (χ2n) is 8.24. The van der Waals surface area contributed by atoms with E-state index in [1.807, 2.05) is 0 Å². The maximum atomic E-state index is 14.1. The van der Waals surface area contributed by atoms with E-state index in [1.165, 1.54) is 24.2 Å². The molecule has 0 bridgehead atoms. The molecule has 0 aliphatic carbocycles. The standard InChI is InChI=1S/C25H20F5N5O2/c1-3-12-35-22(36)17-14-34(23(37)21-18(26)5-4-6-19(21)27)13-11-20(17)31-24(35)32-33(2)16-9-7-15(8-10-16)25(28,29)30/h1,4-10H,11-14H2,2H3,(H,31,32). The molecule has 2 heterocycles. The number of rotatable bonds is 5. The number of nitrogens with one attached hydrogen (secondary N) is 1. The minimum Gasteiger partial charge on any atom is -0.333 e. The van der Waals surface area contributed by atoms with Crippen LogP contribution in [0.2, 0.25) is 0 Å². The number of anilines is 2. The summed E-state index contributed by atoms with van der Waals surface area (Å²) in [5.74, 6) is -0.525. The maximum Gasteiger partial charge on any atom is 0.416 e. The van der Waals surface area contributed by atoms with Crippen molar-refractivity contribution in [3.8, 4) is 12.3 Å². The topological polar surface area (TPSA) is 70.5 Å². The van der Waals surface area contributed by atoms with Crippen LogP contribution < -0.4 is 16.0 Å². The Hall–Kier alpha value is -4.40. The Morgan fingerprint density at radius 2 is 1.81 bits per heavy atom. The van der Waals surface area contributed by atoms with Crippen molar-refractivity contribution in [1.29, 1.82) is 0 Å². The molecule has 0 saturated carbocycles. The first-order valence-corrected chi connectivity index (χ1v) is 11.0. The van der Waals surface area contributed by atoms with Gasteiger partial charge in [-0.25, -0.2) is 13.8 Å². The molecule has 1 aromatic heterocycles. The number of hydrogen-bond donors (Lipinski definition) is 1. The quantitative estimate of drug-likeness (QED) is 0.317. The molecule has 1 amide bonds. The van der Waals surface area contributed by atoms with Crippen molar-refractivity contribution in [3.63, 3.8) is 0 Å². The number of halogens is 5. The third kappa shape index (κ3) is 5.11. The van der Waals surface area contributed by atoms with E-state index < -0.39 is 40.4 Å². The van der Waals surface area contributed by atoms with Gasteiger partial charge in [-0.15, -0.1) is 6.42 Å². The molecule has 1 N–H and O–H groups in total. The van der Waals surface area contributed by atoms with Gasteiger partial charge >= 0.3 is 6.18 Å². The smallest absolute Gasteiger partial charge is 0.333 e. The third-order valence-corrected chi connectivity index (χ3v) is 5.88. The van der Waals surface area contributed by atoms with Crippen LogP contribution in [0.4, 0.5) is 33.6 Å². The Labute approximate surface area is 208 Å². The van der Waals surface area contributed by atoms with Crippen molar-refractivity contribution in [3.05, 3.63) is 86.8 Å². The van der Waals surface area contributed by atoms with Crippen LogP contribution in [0.3, 0.4) is 0 Å². The van der Waals surface area contributed by atoms with Crippen LogP contribution >= 0.6 is 0 Å². The maximum absolute atomic E-state index is 14.1. The van der Waals surface area contributed by atoms with Crippen molar-refractivity contribution < 1.29 is 26.7 Å². The van der Waals surface area contributed by atoms with Gasteiger partial charge < -0.3 is 4.90 Å². The number of benzene rings is 2. The van der Waals surface area contributed by atoms with E-state index in [1.54, 1.807) is 0 Å². The van der Waals surface area contributed by atoms with Gasteiger partial charge in [0.1, 0.15) is 17.2 Å². The highest BCUT2D eigenvalue weighted by molar-refractivity contribution is 5.94. The first kappa shape index (κ1) is 25.7. The molecule has 1 aliphatic heterocycles. The van der Waals surface area contributed by atoms with Crippen molar-refractivity contribution in [2.45, 2.75) is 25.7 Å². The normalized spacial score (nSPS) is 13.1. The van der Waals surface area contributed by atoms with Gasteiger partial charge in [0.25, 0.3) is 11.5 Å². The highest BCUT2D eigenvalue weighted by atomic mass is 19.4. The number of hydrogen-bond acceptors (Lipinski definition) is 5. The lowest BCUT2D eigenvalue weighted by molar-refractivity contribution is -0.137. The first-order chi connectivity index (χ1) is 17.5. The van der Waals surface area contributed by atoms with E-state index >= 15 is 0 Å². The third-order valence-electron chi connectivity index (χ3n) is 5.88. The average Bonchev–Trinajstić information content (AvgIpc) is 2.85. The van der Waals surface area contributed by atoms with Crippen LogP contribution in [0.1, 0.15) is 27.2 Å². The molecular formula is C25H20F5N5O2. The fourth-order valence-corrected chi connectivity index (χ4v) is 3.96. The zero-order valence-corrected chi connectivity index (χ0v) is 19.4. The minimum absolute atomic E-state index is 0.0454. The number of aromatic nitrogens is 2. The molecule has 0 spiro atoms. The van der Waals surface area contributed by atoms with Crippen LogP contribution in [0.25, 0.3) is 0 Å². The van der Waals surface area contributed by atoms with Crippen LogP contribution in [0.15, 0.2) is 47.3 Å². The Morgan fingerprint density at radius 1 is 1.16 bits per heavy atom. The molecule has 0 saturated heterocycles. The largest absolute Gasteiger partial charge is 0.416 e. The fraction of sp³-hybridized carbons (Fsp3) is 0.240. The zero-order valence-electron chi connectivity index (χ0n) is 19.4. The van der Waals surface area contributed by atoms with Crippen molar-refractivity contribution >= 4 is 17.5 Å². The van der Waals surface area contributed by atoms with E-state index in [0.717, 1.165) is 39.8 Å². The summed E-state index contributed by atoms with van der Waals surface area (Å²) in [4.78, 5) is 31.7. The lowest BCUT2D eigenvalue weighted by Gasteiger charge is -2.30. The summed E-state index contributed by atoms with van der Waals surface area (Å²) >= 11 is 0. The highest BCUT2D eigenvalue weighted by Crippen LogP contribution is 2.30. The SMILES string of the molecule is C#CCn1c(NN(C)c2ccc(C(F)(F)F)cc2)nc2c(c1=O)CN(C(=O)c1c(F)cccc1F)CC2. The summed E-state index contributed by atoms with van der Waals surface area (Å²) < 4.78 is 68.0. The van der Waals surface area contributed by atoms with Crippen molar-refractivity contribution in [2.24, 2.45) is 0 Å². The van der Waals surface area contributed by atoms with Gasteiger partial charge in [0, 0.05) is 20.0 Å². The summed E-state index contributed by atoms with van der Waals surface area (Å²) in [6.45, 7) is -0.370. The average molecular weight is 517 g/mol. The second-order valence-corrected chi connectivity index (χ2v) is 8.24. The summed E-state index contributed by atoms with van der Waals surface area (Å²) in [6.07, 6.45) is 1.07. The number of amides is 1. The van der Waals surface area contributed by atoms with Gasteiger partial charge in [-0.1, -0.05) is 12.0 Å². The van der Waals surface area contributed by atoms with E-state index in [-0.39, 0.29) is 37.6 Å². The predicted octanol–water partition coefficient (Wildman–Crippen LogP) is 3.84. The van der Waals surface area contributed by atoms with Crippen LogP contribution in [-0.4, -0.2) is 34.0 Å². The number of fused-ring (bicyclic) bond motifs is 1. The van der Waals surface area contributed by atoms with Gasteiger partial charge in [0.05, 0.1) is 35.6 Å². The number of hydrazine groups is 1. The summed E-state index contributed by atoms with van der Waals surface area (Å²) in [6, 6.07) is 7.44. The van der Waals surface area contributed by atoms with Gasteiger partial charge in [0.15, 0.2) is 0 Å². The molecule has 0 radical (unpaired) electrons. The lowest BCUT2D eigenvalue weighted by atomic mass is 10.0. The van der Waals surface area contributed by atoms with Gasteiger partial charge in [0.2, 0.25) is 5.95 Å². The van der Waals surface area contributed by atoms with E-state index in [2.05, 4.69) is 16.3 Å². The molecule has 37 heavy (non-hydrogen) atoms. The number of carbonyl (C=O) groups excluding carboxylic acids is 1. The van der Waals surface area contributed by atoms with E-state index in [0.29, 0.717) is 11.4 Å². The Balaban J connectivity index is 1.62. The Bertz CT molecular complexity index is 1420. The molecule has 4 rings (SSSR count). The molecule has 0 atom stereocenters. The first-order valence-electron chi connectivity index (χ1n) is 11.0. The molecule has 7 nitrogen and oxygen atoms in total. The Kier molecular flexibility index (Phi) is 6.89. The van der Waals surface area contributed by atoms with Crippen molar-refractivity contribution in [2.75, 3.05) is 24.0 Å². The molecule has 1 aliphatic rings. The summed E-state index contributed by atoms with van der Waals surface area (Å²) in [5, 5.41) is 1.38. The minimum atomic E-state index is -4.48. The highest BCUT2D eigenvalue weighted by Gasteiger charge is 2.31. The number of carbonyl (C=O) groups is 1. The number of alkyl halides is 3. The zero-order chi connectivity index (χ0) is 26.9. The number of nitrogens with zero attached hydrogens (tertiary/aromatic N) is 4. The van der Waals surface area contributed by atoms with E-state index in [4.69, 9.17) is 6.42 Å². The van der Waals surface area contributed by atoms with E-state index in [9.17, 15) is 31.5 Å². The van der Waals surface area contributed by atoms with Gasteiger partial charge in [-0.05, 0) is 36.4 Å². The second kappa shape index (κ2) is 9.93. The van der Waals surface area contributed by atoms with Crippen LogP contribution in [0, 0.1) is 24.0 Å². The van der Waals surface area contributed by atoms with Crippen molar-refractivity contribution in [1.82, 2.24) is 14.5 Å². The van der Waals surface area contributed by atoms with Gasteiger partial charge in [-0.2, -0.15) is 13.2 Å². The molecule has 0 fully saturated rings. The molecule has 0 unspecified atom stereocenters. The lowest BCUT2D eigenvalue weighted by Crippen LogP contribution is -2.42. The monoisotopic (exact) mass is 517 g/mol.